The number of rotatable bonds is 2. The van der Waals surface area contributed by atoms with Gasteiger partial charge in [-0.2, -0.15) is 0 Å². The molecule has 1 heterocycles. The molecule has 7 atom stereocenters. The molecule has 0 aromatic heterocycles. The summed E-state index contributed by atoms with van der Waals surface area (Å²) in [6.07, 6.45) is 12.3. The molecule has 4 heteroatoms. The van der Waals surface area contributed by atoms with Gasteiger partial charge in [0, 0.05) is 12.7 Å². The summed E-state index contributed by atoms with van der Waals surface area (Å²) in [7, 11) is 0. The third-order valence-electron chi connectivity index (χ3n) is 9.17. The molecule has 4 nitrogen and oxygen atoms in total. The van der Waals surface area contributed by atoms with Crippen LogP contribution in [0.2, 0.25) is 0 Å². The summed E-state index contributed by atoms with van der Waals surface area (Å²) in [6, 6.07) is 0. The molecule has 3 fully saturated rings. The molecule has 148 valence electrons. The van der Waals surface area contributed by atoms with Gasteiger partial charge in [0.15, 0.2) is 0 Å². The monoisotopic (exact) mass is 372 g/mol. The predicted octanol–water partition coefficient (Wildman–Crippen LogP) is 3.38. The summed E-state index contributed by atoms with van der Waals surface area (Å²) in [5.74, 6) is 1.79. The highest BCUT2D eigenvalue weighted by Gasteiger charge is 2.59. The second-order valence-corrected chi connectivity index (χ2v) is 10.0. The Kier molecular flexibility index (Phi) is 4.11. The minimum Gasteiger partial charge on any atom is -0.458 e. The molecule has 4 aliphatic carbocycles. The summed E-state index contributed by atoms with van der Waals surface area (Å²) in [4.78, 5) is 11.6. The average molecular weight is 373 g/mol. The van der Waals surface area contributed by atoms with Gasteiger partial charge in [0.2, 0.25) is 0 Å². The zero-order chi connectivity index (χ0) is 18.8. The van der Waals surface area contributed by atoms with Crippen LogP contribution < -0.4 is 0 Å². The van der Waals surface area contributed by atoms with Crippen LogP contribution in [0.3, 0.4) is 0 Å². The van der Waals surface area contributed by atoms with Crippen molar-refractivity contribution in [2.24, 2.45) is 34.5 Å². The number of cyclic esters (lactones) is 1. The highest BCUT2D eigenvalue weighted by Crippen LogP contribution is 2.66. The lowest BCUT2D eigenvalue weighted by molar-refractivity contribution is -0.135. The van der Waals surface area contributed by atoms with E-state index in [1.807, 2.05) is 0 Å². The zero-order valence-electron chi connectivity index (χ0n) is 16.3. The van der Waals surface area contributed by atoms with Crippen molar-refractivity contribution in [1.29, 1.82) is 0 Å². The van der Waals surface area contributed by atoms with Crippen molar-refractivity contribution in [1.82, 2.24) is 0 Å². The Morgan fingerprint density at radius 2 is 2.07 bits per heavy atom. The third kappa shape index (κ3) is 2.45. The van der Waals surface area contributed by atoms with Crippen LogP contribution in [-0.2, 0) is 9.53 Å². The Hall–Kier alpha value is -1.13. The minimum absolute atomic E-state index is 0.00804. The van der Waals surface area contributed by atoms with Gasteiger partial charge in [-0.05, 0) is 91.4 Å². The van der Waals surface area contributed by atoms with Crippen LogP contribution in [0.15, 0.2) is 23.3 Å². The minimum atomic E-state index is -0.184. The molecule has 1 aliphatic heterocycles. The quantitative estimate of drug-likeness (QED) is 0.576. The van der Waals surface area contributed by atoms with Crippen LogP contribution in [0, 0.1) is 34.5 Å². The van der Waals surface area contributed by atoms with Crippen molar-refractivity contribution in [3.05, 3.63) is 23.3 Å². The Morgan fingerprint density at radius 1 is 1.22 bits per heavy atom. The van der Waals surface area contributed by atoms with Gasteiger partial charge in [-0.25, -0.2) is 4.79 Å². The average Bonchev–Trinajstić information content (AvgIpc) is 3.23. The number of aliphatic hydroxyl groups excluding tert-OH is 2. The maximum atomic E-state index is 11.6. The second-order valence-electron chi connectivity index (χ2n) is 10.0. The van der Waals surface area contributed by atoms with E-state index >= 15 is 0 Å². The molecular formula is C23H32O4. The number of hydrogen-bond acceptors (Lipinski definition) is 4. The van der Waals surface area contributed by atoms with Gasteiger partial charge in [-0.1, -0.05) is 18.6 Å². The number of allylic oxidation sites excluding steroid dienone is 2. The van der Waals surface area contributed by atoms with Crippen molar-refractivity contribution in [2.45, 2.75) is 64.4 Å². The zero-order valence-corrected chi connectivity index (χ0v) is 16.3. The molecule has 0 unspecified atom stereocenters. The molecule has 0 aromatic carbocycles. The van der Waals surface area contributed by atoms with Crippen molar-refractivity contribution in [3.8, 4) is 0 Å². The van der Waals surface area contributed by atoms with Gasteiger partial charge in [0.05, 0.1) is 6.10 Å². The number of aliphatic hydroxyl groups is 2. The van der Waals surface area contributed by atoms with Crippen LogP contribution in [-0.4, -0.2) is 35.5 Å². The fraction of sp³-hybridized carbons (Fsp3) is 0.783. The summed E-state index contributed by atoms with van der Waals surface area (Å²) < 4.78 is 5.21. The van der Waals surface area contributed by atoms with E-state index in [0.29, 0.717) is 30.3 Å². The second kappa shape index (κ2) is 6.18. The lowest BCUT2D eigenvalue weighted by Crippen LogP contribution is -2.55. The molecule has 2 N–H and O–H groups in total. The molecule has 3 saturated carbocycles. The number of carbonyl (C=O) groups excluding carboxylic acids is 1. The first-order valence-electron chi connectivity index (χ1n) is 10.8. The van der Waals surface area contributed by atoms with E-state index in [9.17, 15) is 15.0 Å². The fourth-order valence-electron chi connectivity index (χ4n) is 7.82. The van der Waals surface area contributed by atoms with Crippen LogP contribution in [0.4, 0.5) is 0 Å². The standard InChI is InChI=1S/C23H32O4/c1-22-8-7-20-17(3-2-15-11-16(25)6-9-23(15,20)13-24)19(22)5-4-18(22)14-10-21(26)27-12-14/h5,10,15-18,20,24-25H,2-4,6-9,11-13H2,1H3/t15-,16-,17-,18-,20-,22-,23-/m1/s1. The van der Waals surface area contributed by atoms with Gasteiger partial charge in [-0.15, -0.1) is 0 Å². The molecule has 0 saturated heterocycles. The van der Waals surface area contributed by atoms with E-state index in [-0.39, 0.29) is 29.5 Å². The maximum absolute atomic E-state index is 11.6. The molecule has 0 bridgehead atoms. The lowest BCUT2D eigenvalue weighted by Gasteiger charge is -2.60. The largest absolute Gasteiger partial charge is 0.458 e. The SMILES string of the molecule is C[C@]12CC[C@@H]3[C@H](CC[C@@H]4C[C@H](O)CC[C@@]43CO)C1=CC[C@@H]2C1=CC(=O)OC1. The molecule has 0 radical (unpaired) electrons. The number of carbonyl (C=O) groups is 1. The van der Waals surface area contributed by atoms with Gasteiger partial charge in [0.25, 0.3) is 0 Å². The summed E-state index contributed by atoms with van der Waals surface area (Å²) >= 11 is 0. The molecule has 27 heavy (non-hydrogen) atoms. The molecule has 0 spiro atoms. The van der Waals surface area contributed by atoms with E-state index < -0.39 is 0 Å². The Balaban J connectivity index is 1.45. The first kappa shape index (κ1) is 17.9. The van der Waals surface area contributed by atoms with Crippen molar-refractivity contribution in [2.75, 3.05) is 13.2 Å². The predicted molar refractivity (Wildman–Crippen MR) is 102 cm³/mol. The third-order valence-corrected chi connectivity index (χ3v) is 9.17. The summed E-state index contributed by atoms with van der Waals surface area (Å²) in [5, 5.41) is 20.7. The fourth-order valence-corrected chi connectivity index (χ4v) is 7.82. The topological polar surface area (TPSA) is 66.8 Å². The van der Waals surface area contributed by atoms with E-state index in [4.69, 9.17) is 4.74 Å². The van der Waals surface area contributed by atoms with E-state index in [1.54, 1.807) is 11.6 Å². The maximum Gasteiger partial charge on any atom is 0.331 e. The van der Waals surface area contributed by atoms with E-state index in [1.165, 1.54) is 12.0 Å². The Bertz CT molecular complexity index is 709. The number of ether oxygens (including phenoxy) is 1. The highest BCUT2D eigenvalue weighted by atomic mass is 16.5. The normalized spacial score (nSPS) is 48.9. The van der Waals surface area contributed by atoms with E-state index in [0.717, 1.165) is 44.9 Å². The van der Waals surface area contributed by atoms with Crippen molar-refractivity contribution < 1.29 is 19.7 Å². The lowest BCUT2D eigenvalue weighted by atomic mass is 9.45. The molecule has 5 aliphatic rings. The van der Waals surface area contributed by atoms with Crippen molar-refractivity contribution in [3.63, 3.8) is 0 Å². The van der Waals surface area contributed by atoms with Crippen LogP contribution >= 0.6 is 0 Å². The van der Waals surface area contributed by atoms with Gasteiger partial charge >= 0.3 is 5.97 Å². The number of esters is 1. The molecule has 0 amide bonds. The van der Waals surface area contributed by atoms with Crippen LogP contribution in [0.25, 0.3) is 0 Å². The first-order valence-corrected chi connectivity index (χ1v) is 10.8. The van der Waals surface area contributed by atoms with E-state index in [2.05, 4.69) is 13.0 Å². The van der Waals surface area contributed by atoms with Crippen molar-refractivity contribution >= 4 is 5.97 Å². The van der Waals surface area contributed by atoms with Gasteiger partial charge < -0.3 is 14.9 Å². The van der Waals surface area contributed by atoms with Crippen LogP contribution in [0.5, 0.6) is 0 Å². The molecule has 0 aromatic rings. The Morgan fingerprint density at radius 3 is 2.81 bits per heavy atom. The summed E-state index contributed by atoms with van der Waals surface area (Å²) in [6.45, 7) is 3.14. The number of hydrogen-bond donors (Lipinski definition) is 2. The first-order chi connectivity index (χ1) is 13.0. The highest BCUT2D eigenvalue weighted by molar-refractivity contribution is 5.85. The number of fused-ring (bicyclic) bond motifs is 5. The Labute approximate surface area is 161 Å². The molecule has 5 rings (SSSR count). The molecular weight excluding hydrogens is 340 g/mol. The van der Waals surface area contributed by atoms with Gasteiger partial charge in [-0.3, -0.25) is 0 Å². The van der Waals surface area contributed by atoms with Crippen LogP contribution in [0.1, 0.15) is 58.3 Å². The van der Waals surface area contributed by atoms with Gasteiger partial charge in [0.1, 0.15) is 6.61 Å². The smallest absolute Gasteiger partial charge is 0.331 e. The summed E-state index contributed by atoms with van der Waals surface area (Å²) in [5.41, 5.74) is 2.92.